The molecule has 1 aliphatic rings. The van der Waals surface area contributed by atoms with Crippen molar-refractivity contribution in [1.82, 2.24) is 14.8 Å². The Balaban J connectivity index is 1.55. The lowest BCUT2D eigenvalue weighted by molar-refractivity contribution is -0.124. The lowest BCUT2D eigenvalue weighted by Crippen LogP contribution is -2.47. The van der Waals surface area contributed by atoms with Crippen LogP contribution in [0.2, 0.25) is 5.02 Å². The number of carbonyl (C=O) groups excluding carboxylic acids is 3. The lowest BCUT2D eigenvalue weighted by Gasteiger charge is -2.24. The second-order valence-electron chi connectivity index (χ2n) is 8.26. The summed E-state index contributed by atoms with van der Waals surface area (Å²) in [5.41, 5.74) is 3.67. The SMILES string of the molecule is NC(=O)n1cc(NC(=O)N2C[C@](F)(CF)C[C@H]2C(=O)NCc2cccc(Cl)c2F)c2ccccc21. The zero-order valence-corrected chi connectivity index (χ0v) is 19.0. The fraction of sp³-hybridized carbons (Fsp3) is 0.261. The van der Waals surface area contributed by atoms with Gasteiger partial charge in [-0.3, -0.25) is 9.36 Å². The van der Waals surface area contributed by atoms with Crippen molar-refractivity contribution in [1.29, 1.82) is 0 Å². The Morgan fingerprint density at radius 2 is 1.91 bits per heavy atom. The molecule has 1 fully saturated rings. The van der Waals surface area contributed by atoms with E-state index in [0.717, 1.165) is 9.47 Å². The third-order valence-corrected chi connectivity index (χ3v) is 6.16. The van der Waals surface area contributed by atoms with E-state index in [1.807, 2.05) is 0 Å². The number of hydrogen-bond acceptors (Lipinski definition) is 3. The minimum Gasteiger partial charge on any atom is -0.351 e. The number of anilines is 1. The van der Waals surface area contributed by atoms with Crippen LogP contribution in [0.4, 0.5) is 28.4 Å². The van der Waals surface area contributed by atoms with Crippen LogP contribution in [-0.4, -0.2) is 52.4 Å². The second kappa shape index (κ2) is 9.49. The smallest absolute Gasteiger partial charge is 0.323 e. The largest absolute Gasteiger partial charge is 0.351 e. The normalized spacial score (nSPS) is 19.7. The molecule has 2 atom stereocenters. The van der Waals surface area contributed by atoms with Gasteiger partial charge in [0.1, 0.15) is 18.5 Å². The van der Waals surface area contributed by atoms with Crippen molar-refractivity contribution in [2.75, 3.05) is 18.5 Å². The van der Waals surface area contributed by atoms with Crippen molar-refractivity contribution in [3.8, 4) is 0 Å². The van der Waals surface area contributed by atoms with E-state index in [0.29, 0.717) is 10.9 Å². The van der Waals surface area contributed by atoms with E-state index in [1.165, 1.54) is 24.4 Å². The highest BCUT2D eigenvalue weighted by molar-refractivity contribution is 6.30. The van der Waals surface area contributed by atoms with Crippen LogP contribution in [0.15, 0.2) is 48.7 Å². The van der Waals surface area contributed by atoms with Gasteiger partial charge in [-0.2, -0.15) is 0 Å². The number of primary amides is 1. The Morgan fingerprint density at radius 1 is 1.17 bits per heavy atom. The number of aromatic nitrogens is 1. The number of nitrogens with two attached hydrogens (primary N) is 1. The quantitative estimate of drug-likeness (QED) is 0.486. The number of rotatable bonds is 5. The maximum Gasteiger partial charge on any atom is 0.323 e. The molecule has 8 nitrogen and oxygen atoms in total. The molecule has 2 aromatic carbocycles. The van der Waals surface area contributed by atoms with E-state index in [4.69, 9.17) is 17.3 Å². The number of amides is 4. The lowest BCUT2D eigenvalue weighted by atomic mass is 10.0. The maximum atomic E-state index is 14.9. The molecule has 0 radical (unpaired) electrons. The van der Waals surface area contributed by atoms with Crippen LogP contribution in [0.25, 0.3) is 10.9 Å². The first-order chi connectivity index (χ1) is 16.6. The van der Waals surface area contributed by atoms with E-state index in [2.05, 4.69) is 10.6 Å². The second-order valence-corrected chi connectivity index (χ2v) is 8.67. The van der Waals surface area contributed by atoms with E-state index < -0.39 is 55.1 Å². The number of halogens is 4. The Bertz CT molecular complexity index is 1320. The summed E-state index contributed by atoms with van der Waals surface area (Å²) in [5.74, 6) is -1.50. The predicted octanol–water partition coefficient (Wildman–Crippen LogP) is 3.96. The average molecular weight is 508 g/mol. The van der Waals surface area contributed by atoms with Crippen molar-refractivity contribution in [3.05, 3.63) is 65.1 Å². The number of hydrogen-bond donors (Lipinski definition) is 3. The number of carbonyl (C=O) groups is 3. The highest BCUT2D eigenvalue weighted by atomic mass is 35.5. The Morgan fingerprint density at radius 3 is 2.63 bits per heavy atom. The van der Waals surface area contributed by atoms with E-state index in [9.17, 15) is 27.6 Å². The summed E-state index contributed by atoms with van der Waals surface area (Å²) in [4.78, 5) is 38.5. The van der Waals surface area contributed by atoms with E-state index in [1.54, 1.807) is 24.3 Å². The molecule has 4 rings (SSSR count). The summed E-state index contributed by atoms with van der Waals surface area (Å²) in [6.45, 7) is -2.34. The van der Waals surface area contributed by atoms with Gasteiger partial charge >= 0.3 is 12.1 Å². The van der Waals surface area contributed by atoms with Gasteiger partial charge in [0.2, 0.25) is 5.91 Å². The van der Waals surface area contributed by atoms with Gasteiger partial charge in [0.05, 0.1) is 22.8 Å². The van der Waals surface area contributed by atoms with Crippen LogP contribution in [0, 0.1) is 5.82 Å². The van der Waals surface area contributed by atoms with Gasteiger partial charge in [0.25, 0.3) is 0 Å². The van der Waals surface area contributed by atoms with Gasteiger partial charge in [-0.15, -0.1) is 0 Å². The summed E-state index contributed by atoms with van der Waals surface area (Å²) in [7, 11) is 0. The Kier molecular flexibility index (Phi) is 6.62. The number of nitrogens with zero attached hydrogens (tertiary/aromatic N) is 2. The molecule has 0 unspecified atom stereocenters. The highest BCUT2D eigenvalue weighted by Gasteiger charge is 2.49. The summed E-state index contributed by atoms with van der Waals surface area (Å²) in [5, 5.41) is 5.35. The monoisotopic (exact) mass is 507 g/mol. The first-order valence-corrected chi connectivity index (χ1v) is 10.9. The van der Waals surface area contributed by atoms with Crippen molar-refractivity contribution >= 4 is 46.2 Å². The molecule has 184 valence electrons. The van der Waals surface area contributed by atoms with Crippen molar-refractivity contribution in [2.45, 2.75) is 24.7 Å². The van der Waals surface area contributed by atoms with Gasteiger partial charge in [0.15, 0.2) is 5.67 Å². The molecule has 0 saturated carbocycles. The van der Waals surface area contributed by atoms with Crippen molar-refractivity contribution < 1.29 is 27.6 Å². The first kappa shape index (κ1) is 24.4. The summed E-state index contributed by atoms with van der Waals surface area (Å²) in [6.07, 6.45) is 0.722. The molecule has 0 aliphatic carbocycles. The van der Waals surface area contributed by atoms with Crippen molar-refractivity contribution in [2.24, 2.45) is 5.73 Å². The van der Waals surface area contributed by atoms with Crippen LogP contribution < -0.4 is 16.4 Å². The van der Waals surface area contributed by atoms with E-state index >= 15 is 0 Å². The van der Waals surface area contributed by atoms with Gasteiger partial charge in [-0.05, 0) is 12.1 Å². The minimum absolute atomic E-state index is 0.0936. The molecule has 4 N–H and O–H groups in total. The topological polar surface area (TPSA) is 109 Å². The zero-order valence-electron chi connectivity index (χ0n) is 18.2. The van der Waals surface area contributed by atoms with Gasteiger partial charge in [-0.25, -0.2) is 22.8 Å². The summed E-state index contributed by atoms with van der Waals surface area (Å²) in [6, 6.07) is 7.85. The molecular formula is C23H21ClF3N5O3. The number of alkyl halides is 2. The maximum absolute atomic E-state index is 14.9. The highest BCUT2D eigenvalue weighted by Crippen LogP contribution is 2.33. The average Bonchev–Trinajstić information content (AvgIpc) is 3.39. The molecule has 1 aromatic heterocycles. The molecule has 12 heteroatoms. The number of fused-ring (bicyclic) bond motifs is 1. The van der Waals surface area contributed by atoms with Crippen molar-refractivity contribution in [3.63, 3.8) is 0 Å². The fourth-order valence-electron chi connectivity index (χ4n) is 4.11. The third-order valence-electron chi connectivity index (χ3n) is 5.87. The number of likely N-dealkylation sites (tertiary alicyclic amines) is 1. The number of para-hydroxylation sites is 1. The van der Waals surface area contributed by atoms with Gasteiger partial charge in [-0.1, -0.05) is 41.9 Å². The van der Waals surface area contributed by atoms with Gasteiger partial charge < -0.3 is 21.3 Å². The van der Waals surface area contributed by atoms with Gasteiger partial charge in [0, 0.05) is 30.1 Å². The molecule has 0 spiro atoms. The zero-order chi connectivity index (χ0) is 25.3. The molecule has 1 aliphatic heterocycles. The number of nitrogens with one attached hydrogen (secondary N) is 2. The first-order valence-electron chi connectivity index (χ1n) is 10.6. The molecule has 1 saturated heterocycles. The van der Waals surface area contributed by atoms with Crippen LogP contribution in [0.3, 0.4) is 0 Å². The molecule has 35 heavy (non-hydrogen) atoms. The number of urea groups is 1. The molecule has 2 heterocycles. The Labute approximate surface area is 202 Å². The van der Waals surface area contributed by atoms with E-state index in [-0.39, 0.29) is 22.8 Å². The van der Waals surface area contributed by atoms with Crippen LogP contribution in [-0.2, 0) is 11.3 Å². The predicted molar refractivity (Wildman–Crippen MR) is 124 cm³/mol. The molecule has 4 amide bonds. The molecular weight excluding hydrogens is 487 g/mol. The third kappa shape index (κ3) is 4.76. The Hall–Kier alpha value is -3.73. The standard InChI is InChI=1S/C23H21ClF3N5O3/c24-15-6-3-4-13(19(15)26)9-29-20(33)18-8-23(27,11-25)12-32(18)22(35)30-16-10-31(21(28)34)17-7-2-1-5-14(16)17/h1-7,10,18H,8-9,11-12H2,(H2,28,34)(H,29,33)(H,30,35)/t18-,23+/m0/s1. The summed E-state index contributed by atoms with van der Waals surface area (Å²) >= 11 is 5.75. The van der Waals surface area contributed by atoms with Crippen LogP contribution in [0.5, 0.6) is 0 Å². The fourth-order valence-corrected chi connectivity index (χ4v) is 4.31. The minimum atomic E-state index is -2.43. The van der Waals surface area contributed by atoms with Crippen LogP contribution >= 0.6 is 11.6 Å². The van der Waals surface area contributed by atoms with Crippen LogP contribution in [0.1, 0.15) is 12.0 Å². The summed E-state index contributed by atoms with van der Waals surface area (Å²) < 4.78 is 43.6. The molecule has 0 bridgehead atoms. The molecule has 3 aromatic rings. The number of benzene rings is 2.